The Morgan fingerprint density at radius 1 is 0.800 bits per heavy atom. The molecule has 0 fully saturated rings. The van der Waals surface area contributed by atoms with Gasteiger partial charge < -0.3 is 0 Å². The third-order valence-electron chi connectivity index (χ3n) is 4.76. The molecule has 0 spiro atoms. The molecule has 0 aromatic heterocycles. The van der Waals surface area contributed by atoms with Crippen LogP contribution in [-0.2, 0) is 19.1 Å². The number of ether oxygens (including phenoxy) is 2. The van der Waals surface area contributed by atoms with Crippen molar-refractivity contribution in [3.63, 3.8) is 0 Å². The zero-order valence-electron chi connectivity index (χ0n) is 17.0. The summed E-state index contributed by atoms with van der Waals surface area (Å²) >= 11 is -2.64. The number of esters is 2. The minimum atomic E-state index is -2.64. The van der Waals surface area contributed by atoms with Crippen molar-refractivity contribution in [3.8, 4) is 0 Å². The molecule has 0 heterocycles. The topological polar surface area (TPSA) is 52.6 Å². The van der Waals surface area contributed by atoms with Crippen molar-refractivity contribution in [2.75, 3.05) is 13.2 Å². The average Bonchev–Trinajstić information content (AvgIpc) is 2.57. The Bertz CT molecular complexity index is 396. The monoisotopic (exact) mass is 462 g/mol. The van der Waals surface area contributed by atoms with Crippen molar-refractivity contribution in [2.24, 2.45) is 0 Å². The fraction of sp³-hybridized carbons (Fsp3) is 0.800. The summed E-state index contributed by atoms with van der Waals surface area (Å²) in [7, 11) is 0. The van der Waals surface area contributed by atoms with Crippen LogP contribution >= 0.6 is 0 Å². The van der Waals surface area contributed by atoms with E-state index in [0.717, 1.165) is 0 Å². The molecule has 0 radical (unpaired) electrons. The van der Waals surface area contributed by atoms with Gasteiger partial charge in [0, 0.05) is 0 Å². The average molecular weight is 461 g/mol. The van der Waals surface area contributed by atoms with Gasteiger partial charge in [-0.2, -0.15) is 0 Å². The molecule has 0 unspecified atom stereocenters. The van der Waals surface area contributed by atoms with E-state index in [1.165, 1.54) is 69.3 Å². The molecule has 0 N–H and O–H groups in total. The predicted octanol–water partition coefficient (Wildman–Crippen LogP) is 5.43. The molecule has 0 aromatic rings. The van der Waals surface area contributed by atoms with Gasteiger partial charge >= 0.3 is 159 Å². The Hall–Kier alpha value is -0.521. The van der Waals surface area contributed by atoms with Gasteiger partial charge in [0.15, 0.2) is 0 Å². The Morgan fingerprint density at radius 3 is 1.60 bits per heavy atom. The Kier molecular flexibility index (Phi) is 14.3. The predicted molar refractivity (Wildman–Crippen MR) is 106 cm³/mol. The zero-order valence-corrected chi connectivity index (χ0v) is 19.8. The number of hydrogen-bond acceptors (Lipinski definition) is 4. The van der Waals surface area contributed by atoms with Crippen LogP contribution in [-0.4, -0.2) is 43.5 Å². The van der Waals surface area contributed by atoms with Crippen LogP contribution in [0.4, 0.5) is 0 Å². The van der Waals surface area contributed by atoms with Gasteiger partial charge in [0.05, 0.1) is 0 Å². The third kappa shape index (κ3) is 10.9. The molecule has 4 nitrogen and oxygen atoms in total. The second-order valence-corrected chi connectivity index (χ2v) is 20.3. The molecule has 0 aliphatic carbocycles. The summed E-state index contributed by atoms with van der Waals surface area (Å²) in [5, 5.41) is 0. The fourth-order valence-electron chi connectivity index (χ4n) is 3.27. The number of rotatable bonds is 14. The molecular formula is C20H38O4Sn. The van der Waals surface area contributed by atoms with E-state index < -0.39 is 18.4 Å². The van der Waals surface area contributed by atoms with Crippen LogP contribution in [0.25, 0.3) is 0 Å². The van der Waals surface area contributed by atoms with E-state index in [1.54, 1.807) is 0 Å². The molecule has 0 aromatic carbocycles. The first-order chi connectivity index (χ1) is 11.9. The van der Waals surface area contributed by atoms with E-state index in [-0.39, 0.29) is 11.9 Å². The molecule has 0 aliphatic heterocycles. The molecule has 0 amide bonds. The van der Waals surface area contributed by atoms with Crippen LogP contribution in [0.5, 0.6) is 0 Å². The molecule has 0 atom stereocenters. The van der Waals surface area contributed by atoms with Crippen molar-refractivity contribution < 1.29 is 19.1 Å². The van der Waals surface area contributed by atoms with E-state index in [9.17, 15) is 9.59 Å². The van der Waals surface area contributed by atoms with Gasteiger partial charge in [-0.3, -0.25) is 0 Å². The molecule has 0 bridgehead atoms. The van der Waals surface area contributed by atoms with Gasteiger partial charge in [0.25, 0.3) is 0 Å². The molecule has 5 heteroatoms. The quantitative estimate of drug-likeness (QED) is 0.256. The maximum atomic E-state index is 11.4. The van der Waals surface area contributed by atoms with E-state index >= 15 is 0 Å². The van der Waals surface area contributed by atoms with Crippen molar-refractivity contribution >= 4 is 30.3 Å². The standard InChI is InChI=1S/C8H11O4.3C4H9.Sn/c1-7(9)11-5-3-4-6-12-8(2)10;3*1-3-4-2;/h3H,5-6H2,1-2H3;3*1,3-4H2,2H3;. The van der Waals surface area contributed by atoms with Crippen molar-refractivity contribution in [2.45, 2.75) is 86.5 Å². The normalized spacial score (nSPS) is 12.1. The SMILES string of the molecule is CCC[CH2][Sn]([CH2]CCC)([CH2]CCC)/[C](=C/COC(C)=O)COC(C)=O. The van der Waals surface area contributed by atoms with E-state index in [1.807, 2.05) is 0 Å². The minimum absolute atomic E-state index is 0.236. The van der Waals surface area contributed by atoms with Gasteiger partial charge in [-0.25, -0.2) is 0 Å². The number of carbonyl (C=O) groups excluding carboxylic acids is 2. The molecule has 25 heavy (non-hydrogen) atoms. The van der Waals surface area contributed by atoms with E-state index in [4.69, 9.17) is 9.47 Å². The summed E-state index contributed by atoms with van der Waals surface area (Å²) in [6, 6.07) is 0. The van der Waals surface area contributed by atoms with Crippen LogP contribution in [0.3, 0.4) is 0 Å². The first kappa shape index (κ1) is 24.5. The van der Waals surface area contributed by atoms with Gasteiger partial charge in [-0.15, -0.1) is 0 Å². The Labute approximate surface area is 158 Å². The maximum absolute atomic E-state index is 11.4. The summed E-state index contributed by atoms with van der Waals surface area (Å²) in [6.45, 7) is 10.3. The van der Waals surface area contributed by atoms with Gasteiger partial charge in [0.1, 0.15) is 0 Å². The Morgan fingerprint density at radius 2 is 1.24 bits per heavy atom. The second-order valence-electron chi connectivity index (χ2n) is 6.90. The van der Waals surface area contributed by atoms with Crippen molar-refractivity contribution in [3.05, 3.63) is 9.67 Å². The third-order valence-corrected chi connectivity index (χ3v) is 20.9. The molecule has 0 rings (SSSR count). The summed E-state index contributed by atoms with van der Waals surface area (Å²) in [5.74, 6) is -0.500. The molecule has 0 aliphatic rings. The van der Waals surface area contributed by atoms with E-state index in [0.29, 0.717) is 13.2 Å². The van der Waals surface area contributed by atoms with Crippen molar-refractivity contribution in [1.29, 1.82) is 0 Å². The molecule has 0 saturated heterocycles. The summed E-state index contributed by atoms with van der Waals surface area (Å²) < 4.78 is 15.8. The van der Waals surface area contributed by atoms with Gasteiger partial charge in [-0.1, -0.05) is 0 Å². The summed E-state index contributed by atoms with van der Waals surface area (Å²) in [5.41, 5.74) is 0. The van der Waals surface area contributed by atoms with Crippen LogP contribution in [0.2, 0.25) is 13.3 Å². The summed E-state index contributed by atoms with van der Waals surface area (Å²) in [4.78, 5) is 22.5. The number of carbonyl (C=O) groups is 2. The molecule has 146 valence electrons. The van der Waals surface area contributed by atoms with Crippen molar-refractivity contribution in [1.82, 2.24) is 0 Å². The first-order valence-corrected chi connectivity index (χ1v) is 17.4. The zero-order chi connectivity index (χ0) is 19.1. The van der Waals surface area contributed by atoms with Crippen LogP contribution < -0.4 is 0 Å². The summed E-state index contributed by atoms with van der Waals surface area (Å²) in [6.07, 6.45) is 9.39. The second kappa shape index (κ2) is 14.6. The van der Waals surface area contributed by atoms with E-state index in [2.05, 4.69) is 26.8 Å². The van der Waals surface area contributed by atoms with Crippen LogP contribution in [0.15, 0.2) is 9.67 Å². The van der Waals surface area contributed by atoms with Gasteiger partial charge in [0.2, 0.25) is 0 Å². The number of hydrogen-bond donors (Lipinski definition) is 0. The molecule has 0 saturated carbocycles. The van der Waals surface area contributed by atoms with Crippen LogP contribution in [0, 0.1) is 0 Å². The first-order valence-electron chi connectivity index (χ1n) is 9.88. The Balaban J connectivity index is 5.58. The van der Waals surface area contributed by atoms with Crippen LogP contribution in [0.1, 0.15) is 73.1 Å². The number of unbranched alkanes of at least 4 members (excludes halogenated alkanes) is 3. The van der Waals surface area contributed by atoms with Gasteiger partial charge in [-0.05, 0) is 0 Å². The fourth-order valence-corrected chi connectivity index (χ4v) is 19.5. The molecular weight excluding hydrogens is 423 g/mol.